The Balaban J connectivity index is 4.59. The highest BCUT2D eigenvalue weighted by atomic mass is 28.4. The van der Waals surface area contributed by atoms with E-state index in [-0.39, 0.29) is 42.7 Å². The van der Waals surface area contributed by atoms with Gasteiger partial charge in [0.05, 0.1) is 40.6 Å². The molecule has 3 N–H and O–H groups in total. The normalized spacial score (nSPS) is 14.0. The van der Waals surface area contributed by atoms with Crippen LogP contribution in [-0.2, 0) is 23.4 Å². The van der Waals surface area contributed by atoms with Gasteiger partial charge in [-0.05, 0) is 58.2 Å². The van der Waals surface area contributed by atoms with Crippen molar-refractivity contribution >= 4 is 22.4 Å². The number of hydrogen-bond donors (Lipinski definition) is 3. The summed E-state index contributed by atoms with van der Waals surface area (Å²) < 4.78 is 23.6. The SMILES string of the molecule is C=C(C)C(=O)OCCOCCCC(C)(C)[Si](C)(C)OC(C)(C)[Si](C)(C)CCCOCC(O)CN(CCO)CCO. The van der Waals surface area contributed by atoms with Gasteiger partial charge in [0.1, 0.15) is 6.61 Å². The first-order valence-electron chi connectivity index (χ1n) is 14.7. The predicted molar refractivity (Wildman–Crippen MR) is 167 cm³/mol. The zero-order valence-electron chi connectivity index (χ0n) is 27.0. The molecule has 0 aliphatic rings. The Morgan fingerprint density at radius 2 is 1.50 bits per heavy atom. The van der Waals surface area contributed by atoms with Crippen LogP contribution in [0.2, 0.25) is 37.3 Å². The number of nitrogens with zero attached hydrogens (tertiary/aromatic N) is 1. The molecule has 0 aliphatic carbocycles. The van der Waals surface area contributed by atoms with Crippen LogP contribution in [-0.4, -0.2) is 120 Å². The monoisotopic (exact) mass is 607 g/mol. The highest BCUT2D eigenvalue weighted by Crippen LogP contribution is 2.45. The minimum absolute atomic E-state index is 0.00716. The van der Waals surface area contributed by atoms with Gasteiger partial charge < -0.3 is 34.0 Å². The molecule has 238 valence electrons. The molecule has 0 rings (SSSR count). The van der Waals surface area contributed by atoms with Crippen LogP contribution in [0, 0.1) is 0 Å². The van der Waals surface area contributed by atoms with Crippen molar-refractivity contribution in [1.82, 2.24) is 4.90 Å². The zero-order chi connectivity index (χ0) is 31.0. The van der Waals surface area contributed by atoms with Gasteiger partial charge in [0.2, 0.25) is 0 Å². The molecule has 0 radical (unpaired) electrons. The van der Waals surface area contributed by atoms with E-state index in [1.807, 2.05) is 4.90 Å². The number of aliphatic hydroxyl groups excluding tert-OH is 3. The number of rotatable bonds is 24. The lowest BCUT2D eigenvalue weighted by Crippen LogP contribution is -2.59. The fraction of sp³-hybridized carbons (Fsp3) is 0.897. The molecule has 0 spiro atoms. The molecule has 0 fully saturated rings. The molecule has 1 unspecified atom stereocenters. The van der Waals surface area contributed by atoms with Gasteiger partial charge in [-0.15, -0.1) is 0 Å². The molecule has 9 nitrogen and oxygen atoms in total. The molecular formula is C29H61NO8Si2. The lowest BCUT2D eigenvalue weighted by Gasteiger charge is -2.50. The van der Waals surface area contributed by atoms with E-state index in [9.17, 15) is 9.90 Å². The number of esters is 1. The average molecular weight is 608 g/mol. The maximum absolute atomic E-state index is 11.4. The van der Waals surface area contributed by atoms with Crippen LogP contribution in [0.1, 0.15) is 53.9 Å². The second-order valence-corrected chi connectivity index (χ2v) is 23.2. The summed E-state index contributed by atoms with van der Waals surface area (Å²) in [5, 5.41) is 28.4. The van der Waals surface area contributed by atoms with E-state index in [0.717, 1.165) is 25.3 Å². The van der Waals surface area contributed by atoms with Crippen molar-refractivity contribution < 1.29 is 38.8 Å². The van der Waals surface area contributed by atoms with Gasteiger partial charge in [-0.2, -0.15) is 0 Å². The molecule has 0 aliphatic heterocycles. The third-order valence-corrected chi connectivity index (χ3v) is 18.1. The first-order valence-corrected chi connectivity index (χ1v) is 20.8. The fourth-order valence-corrected chi connectivity index (χ4v) is 10.1. The van der Waals surface area contributed by atoms with Crippen LogP contribution >= 0.6 is 0 Å². The van der Waals surface area contributed by atoms with Gasteiger partial charge in [-0.3, -0.25) is 4.90 Å². The van der Waals surface area contributed by atoms with Crippen molar-refractivity contribution in [3.05, 3.63) is 12.2 Å². The van der Waals surface area contributed by atoms with Crippen molar-refractivity contribution in [3.8, 4) is 0 Å². The summed E-state index contributed by atoms with van der Waals surface area (Å²) in [7, 11) is -3.86. The molecule has 0 amide bonds. The summed E-state index contributed by atoms with van der Waals surface area (Å²) in [5.74, 6) is -0.383. The quantitative estimate of drug-likeness (QED) is 0.0648. The largest absolute Gasteiger partial charge is 0.460 e. The molecule has 40 heavy (non-hydrogen) atoms. The minimum atomic E-state index is -2.08. The van der Waals surface area contributed by atoms with E-state index in [1.54, 1.807) is 6.92 Å². The summed E-state index contributed by atoms with van der Waals surface area (Å²) in [6.07, 6.45) is 2.19. The number of aliphatic hydroxyl groups is 3. The van der Waals surface area contributed by atoms with Crippen LogP contribution < -0.4 is 0 Å². The second-order valence-electron chi connectivity index (χ2n) is 13.1. The molecule has 0 saturated heterocycles. The Kier molecular flexibility index (Phi) is 18.5. The molecule has 0 aromatic carbocycles. The molecule has 11 heteroatoms. The van der Waals surface area contributed by atoms with Gasteiger partial charge in [-0.1, -0.05) is 39.6 Å². The lowest BCUT2D eigenvalue weighted by molar-refractivity contribution is -0.140. The lowest BCUT2D eigenvalue weighted by atomic mass is 10.1. The van der Waals surface area contributed by atoms with E-state index in [4.69, 9.17) is 28.8 Å². The number of hydrogen-bond acceptors (Lipinski definition) is 9. The summed E-state index contributed by atoms with van der Waals surface area (Å²) in [6, 6.07) is 1.06. The van der Waals surface area contributed by atoms with Crippen LogP contribution in [0.25, 0.3) is 0 Å². The maximum Gasteiger partial charge on any atom is 0.333 e. The van der Waals surface area contributed by atoms with Crippen molar-refractivity contribution in [3.63, 3.8) is 0 Å². The predicted octanol–water partition coefficient (Wildman–Crippen LogP) is 3.98. The van der Waals surface area contributed by atoms with Gasteiger partial charge >= 0.3 is 5.97 Å². The molecule has 0 aromatic rings. The van der Waals surface area contributed by atoms with Crippen LogP contribution in [0.3, 0.4) is 0 Å². The Labute approximate surface area is 246 Å². The summed E-state index contributed by atoms with van der Waals surface area (Å²) >= 11 is 0. The van der Waals surface area contributed by atoms with Gasteiger partial charge in [0.25, 0.3) is 0 Å². The summed E-state index contributed by atoms with van der Waals surface area (Å²) in [6.45, 7) is 27.0. The Hall–Kier alpha value is -0.636. The zero-order valence-corrected chi connectivity index (χ0v) is 29.0. The first kappa shape index (κ1) is 39.4. The fourth-order valence-electron chi connectivity index (χ4n) is 4.31. The minimum Gasteiger partial charge on any atom is -0.460 e. The third kappa shape index (κ3) is 15.0. The van der Waals surface area contributed by atoms with Crippen molar-refractivity contribution in [2.24, 2.45) is 0 Å². The van der Waals surface area contributed by atoms with Crippen molar-refractivity contribution in [2.75, 3.05) is 65.9 Å². The highest BCUT2D eigenvalue weighted by Gasteiger charge is 2.48. The van der Waals surface area contributed by atoms with E-state index in [2.05, 4.69) is 60.5 Å². The highest BCUT2D eigenvalue weighted by molar-refractivity contribution is 6.82. The summed E-state index contributed by atoms with van der Waals surface area (Å²) in [4.78, 5) is 13.3. The maximum atomic E-state index is 11.4. The smallest absolute Gasteiger partial charge is 0.333 e. The van der Waals surface area contributed by atoms with E-state index in [0.29, 0.717) is 45.0 Å². The van der Waals surface area contributed by atoms with Crippen molar-refractivity contribution in [2.45, 2.75) is 102 Å². The number of carbonyl (C=O) groups is 1. The van der Waals surface area contributed by atoms with E-state index in [1.165, 1.54) is 0 Å². The molecule has 0 bridgehead atoms. The Morgan fingerprint density at radius 1 is 0.925 bits per heavy atom. The summed E-state index contributed by atoms with van der Waals surface area (Å²) in [5.41, 5.74) is 0.393. The molecule has 0 saturated carbocycles. The third-order valence-electron chi connectivity index (χ3n) is 8.37. The number of carbonyl (C=O) groups excluding carboxylic acids is 1. The van der Waals surface area contributed by atoms with Crippen LogP contribution in [0.4, 0.5) is 0 Å². The Morgan fingerprint density at radius 3 is 2.05 bits per heavy atom. The van der Waals surface area contributed by atoms with Gasteiger partial charge in [0.15, 0.2) is 8.32 Å². The van der Waals surface area contributed by atoms with Crippen molar-refractivity contribution in [1.29, 1.82) is 0 Å². The first-order chi connectivity index (χ1) is 18.4. The van der Waals surface area contributed by atoms with E-state index >= 15 is 0 Å². The van der Waals surface area contributed by atoms with Crippen LogP contribution in [0.15, 0.2) is 12.2 Å². The average Bonchev–Trinajstić information content (AvgIpc) is 2.82. The number of ether oxygens (including phenoxy) is 3. The molecule has 0 aromatic heterocycles. The second kappa shape index (κ2) is 18.8. The van der Waals surface area contributed by atoms with Gasteiger partial charge in [-0.25, -0.2) is 4.79 Å². The van der Waals surface area contributed by atoms with Crippen LogP contribution in [0.5, 0.6) is 0 Å². The topological polar surface area (TPSA) is 118 Å². The van der Waals surface area contributed by atoms with E-state index < -0.39 is 22.5 Å². The molecule has 0 heterocycles. The van der Waals surface area contributed by atoms with Gasteiger partial charge in [0, 0.05) is 43.6 Å². The standard InChI is InChI=1S/C29H61NO8Si2/c1-25(2)27(34)37-21-20-35-18-11-13-28(3,4)40(9,10)38-29(5,6)39(7,8)22-12-19-36-24-26(33)23-30(14-16-31)15-17-32/h26,31-33H,1,11-24H2,2-10H3. The molecule has 1 atom stereocenters. The Bertz CT molecular complexity index is 725. The molecular weight excluding hydrogens is 546 g/mol.